The van der Waals surface area contributed by atoms with Gasteiger partial charge >= 0.3 is 0 Å². The van der Waals surface area contributed by atoms with Gasteiger partial charge in [0.2, 0.25) is 0 Å². The van der Waals surface area contributed by atoms with Crippen LogP contribution in [0, 0.1) is 5.82 Å². The average Bonchev–Trinajstić information content (AvgIpc) is 2.46. The van der Waals surface area contributed by atoms with Crippen LogP contribution in [0.25, 0.3) is 0 Å². The highest BCUT2D eigenvalue weighted by atomic mass is 19.1. The number of nitrogens with two attached hydrogens (primary N) is 1. The third-order valence-corrected chi connectivity index (χ3v) is 3.18. The zero-order chi connectivity index (χ0) is 15.2. The van der Waals surface area contributed by atoms with Crippen molar-refractivity contribution < 1.29 is 9.18 Å². The molecule has 2 N–H and O–H groups in total. The van der Waals surface area contributed by atoms with Crippen LogP contribution in [0.2, 0.25) is 0 Å². The molecule has 3 nitrogen and oxygen atoms in total. The minimum Gasteiger partial charge on any atom is -0.399 e. The second-order valence-corrected chi connectivity index (χ2v) is 4.98. The molecule has 0 heterocycles. The molecule has 2 aromatic carbocycles. The molecule has 0 aromatic heterocycles. The average molecular weight is 286 g/mol. The molecule has 1 amide bonds. The van der Waals surface area contributed by atoms with E-state index in [1.165, 1.54) is 12.1 Å². The van der Waals surface area contributed by atoms with Crippen molar-refractivity contribution in [2.75, 3.05) is 12.3 Å². The Labute approximate surface area is 124 Å². The first-order valence-corrected chi connectivity index (χ1v) is 6.99. The lowest BCUT2D eigenvalue weighted by Gasteiger charge is -2.22. The van der Waals surface area contributed by atoms with Gasteiger partial charge in [0.05, 0.1) is 0 Å². The van der Waals surface area contributed by atoms with E-state index in [0.29, 0.717) is 24.3 Å². The summed E-state index contributed by atoms with van der Waals surface area (Å²) >= 11 is 0. The number of carbonyl (C=O) groups excluding carboxylic acids is 1. The van der Waals surface area contributed by atoms with Gasteiger partial charge in [-0.2, -0.15) is 0 Å². The molecule has 0 aliphatic carbocycles. The van der Waals surface area contributed by atoms with Crippen LogP contribution in [0.4, 0.5) is 10.1 Å². The largest absolute Gasteiger partial charge is 0.399 e. The van der Waals surface area contributed by atoms with Crippen LogP contribution in [0.15, 0.2) is 48.5 Å². The molecule has 4 heteroatoms. The lowest BCUT2D eigenvalue weighted by molar-refractivity contribution is 0.0742. The first-order chi connectivity index (χ1) is 10.1. The van der Waals surface area contributed by atoms with E-state index in [1.54, 1.807) is 17.0 Å². The quantitative estimate of drug-likeness (QED) is 0.856. The molecule has 0 atom stereocenters. The number of halogens is 1. The fourth-order valence-electron chi connectivity index (χ4n) is 2.24. The van der Waals surface area contributed by atoms with E-state index < -0.39 is 5.82 Å². The molecule has 2 aromatic rings. The van der Waals surface area contributed by atoms with Crippen LogP contribution in [0.5, 0.6) is 0 Å². The molecule has 2 rings (SSSR count). The van der Waals surface area contributed by atoms with E-state index in [4.69, 9.17) is 5.73 Å². The first-order valence-electron chi connectivity index (χ1n) is 6.99. The minimum absolute atomic E-state index is 0.168. The van der Waals surface area contributed by atoms with Gasteiger partial charge in [-0.3, -0.25) is 4.79 Å². The summed E-state index contributed by atoms with van der Waals surface area (Å²) in [6.45, 7) is 3.09. The predicted molar refractivity (Wildman–Crippen MR) is 82.3 cm³/mol. The zero-order valence-corrected chi connectivity index (χ0v) is 12.1. The van der Waals surface area contributed by atoms with Crippen molar-refractivity contribution in [1.29, 1.82) is 0 Å². The van der Waals surface area contributed by atoms with E-state index in [1.807, 2.05) is 31.2 Å². The molecule has 0 saturated carbocycles. The van der Waals surface area contributed by atoms with E-state index in [2.05, 4.69) is 0 Å². The Hall–Kier alpha value is -2.36. The Balaban J connectivity index is 2.20. The highest BCUT2D eigenvalue weighted by Crippen LogP contribution is 2.14. The fourth-order valence-corrected chi connectivity index (χ4v) is 2.24. The SMILES string of the molecule is CCCN(Cc1cccc(N)c1)C(=O)c1cccc(F)c1. The van der Waals surface area contributed by atoms with Crippen molar-refractivity contribution in [2.45, 2.75) is 19.9 Å². The highest BCUT2D eigenvalue weighted by molar-refractivity contribution is 5.94. The normalized spacial score (nSPS) is 10.4. The Kier molecular flexibility index (Phi) is 4.93. The van der Waals surface area contributed by atoms with Crippen molar-refractivity contribution in [3.05, 3.63) is 65.5 Å². The minimum atomic E-state index is -0.402. The molecular formula is C17H19FN2O. The third-order valence-electron chi connectivity index (χ3n) is 3.18. The maximum Gasteiger partial charge on any atom is 0.254 e. The maximum absolute atomic E-state index is 13.3. The monoisotopic (exact) mass is 286 g/mol. The number of hydrogen-bond donors (Lipinski definition) is 1. The van der Waals surface area contributed by atoms with Gasteiger partial charge in [-0.15, -0.1) is 0 Å². The summed E-state index contributed by atoms with van der Waals surface area (Å²) in [6.07, 6.45) is 0.837. The van der Waals surface area contributed by atoms with Gasteiger partial charge in [0.1, 0.15) is 5.82 Å². The molecule has 0 bridgehead atoms. The van der Waals surface area contributed by atoms with Gasteiger partial charge in [-0.05, 0) is 42.3 Å². The molecule has 0 radical (unpaired) electrons. The standard InChI is InChI=1S/C17H19FN2O/c1-2-9-20(12-13-5-3-8-16(19)10-13)17(21)14-6-4-7-15(18)11-14/h3-8,10-11H,2,9,12,19H2,1H3. The van der Waals surface area contributed by atoms with Crippen LogP contribution in [-0.2, 0) is 6.54 Å². The molecule has 0 spiro atoms. The van der Waals surface area contributed by atoms with Crippen molar-refractivity contribution in [3.8, 4) is 0 Å². The summed E-state index contributed by atoms with van der Waals surface area (Å²) in [4.78, 5) is 14.2. The summed E-state index contributed by atoms with van der Waals surface area (Å²) in [6, 6.07) is 13.2. The van der Waals surface area contributed by atoms with E-state index in [0.717, 1.165) is 12.0 Å². The lowest BCUT2D eigenvalue weighted by atomic mass is 10.1. The van der Waals surface area contributed by atoms with Gasteiger partial charge in [-0.1, -0.05) is 25.1 Å². The van der Waals surface area contributed by atoms with Gasteiger partial charge in [0.25, 0.3) is 5.91 Å². The number of nitrogen functional groups attached to an aromatic ring is 1. The van der Waals surface area contributed by atoms with Crippen molar-refractivity contribution >= 4 is 11.6 Å². The Morgan fingerprint density at radius 1 is 1.19 bits per heavy atom. The van der Waals surface area contributed by atoms with E-state index in [9.17, 15) is 9.18 Å². The Morgan fingerprint density at radius 3 is 2.62 bits per heavy atom. The number of benzene rings is 2. The zero-order valence-electron chi connectivity index (χ0n) is 12.1. The van der Waals surface area contributed by atoms with Crippen LogP contribution in [-0.4, -0.2) is 17.4 Å². The number of hydrogen-bond acceptors (Lipinski definition) is 2. The molecule has 0 unspecified atom stereocenters. The second kappa shape index (κ2) is 6.88. The van der Waals surface area contributed by atoms with Gasteiger partial charge in [-0.25, -0.2) is 4.39 Å². The smallest absolute Gasteiger partial charge is 0.254 e. The van der Waals surface area contributed by atoms with Crippen LogP contribution in [0.3, 0.4) is 0 Å². The second-order valence-electron chi connectivity index (χ2n) is 4.98. The van der Waals surface area contributed by atoms with Crippen LogP contribution in [0.1, 0.15) is 29.3 Å². The summed E-state index contributed by atoms with van der Waals surface area (Å²) in [5.74, 6) is -0.569. The summed E-state index contributed by atoms with van der Waals surface area (Å²) < 4.78 is 13.3. The third kappa shape index (κ3) is 4.05. The highest BCUT2D eigenvalue weighted by Gasteiger charge is 2.16. The van der Waals surface area contributed by atoms with Gasteiger partial charge < -0.3 is 10.6 Å². The Bertz CT molecular complexity index is 628. The van der Waals surface area contributed by atoms with E-state index in [-0.39, 0.29) is 5.91 Å². The molecular weight excluding hydrogens is 267 g/mol. The van der Waals surface area contributed by atoms with E-state index >= 15 is 0 Å². The van der Waals surface area contributed by atoms with Crippen molar-refractivity contribution in [1.82, 2.24) is 4.90 Å². The maximum atomic E-state index is 13.3. The number of anilines is 1. The van der Waals surface area contributed by atoms with Crippen LogP contribution >= 0.6 is 0 Å². The number of amides is 1. The predicted octanol–water partition coefficient (Wildman–Crippen LogP) is 3.46. The first kappa shape index (κ1) is 15.0. The molecule has 0 aliphatic heterocycles. The molecule has 0 fully saturated rings. The molecule has 0 aliphatic rings. The molecule has 21 heavy (non-hydrogen) atoms. The van der Waals surface area contributed by atoms with Crippen LogP contribution < -0.4 is 5.73 Å². The van der Waals surface area contributed by atoms with Gasteiger partial charge in [0.15, 0.2) is 0 Å². The van der Waals surface area contributed by atoms with Crippen molar-refractivity contribution in [2.24, 2.45) is 0 Å². The Morgan fingerprint density at radius 2 is 1.95 bits per heavy atom. The topological polar surface area (TPSA) is 46.3 Å². The van der Waals surface area contributed by atoms with Gasteiger partial charge in [0, 0.05) is 24.3 Å². The fraction of sp³-hybridized carbons (Fsp3) is 0.235. The number of carbonyl (C=O) groups is 1. The summed E-state index contributed by atoms with van der Waals surface area (Å²) in [7, 11) is 0. The summed E-state index contributed by atoms with van der Waals surface area (Å²) in [5.41, 5.74) is 7.76. The molecule has 110 valence electrons. The summed E-state index contributed by atoms with van der Waals surface area (Å²) in [5, 5.41) is 0. The van der Waals surface area contributed by atoms with Crippen molar-refractivity contribution in [3.63, 3.8) is 0 Å². The lowest BCUT2D eigenvalue weighted by Crippen LogP contribution is -2.31. The number of rotatable bonds is 5. The molecule has 0 saturated heterocycles. The number of nitrogens with zero attached hydrogens (tertiary/aromatic N) is 1.